The number of aromatic nitrogens is 1. The predicted molar refractivity (Wildman–Crippen MR) is 80.5 cm³/mol. The molecule has 2 aromatic rings. The molecule has 0 spiro atoms. The Bertz CT molecular complexity index is 543. The van der Waals surface area contributed by atoms with Crippen LogP contribution in [0.5, 0.6) is 11.5 Å². The van der Waals surface area contributed by atoms with Gasteiger partial charge in [0.2, 0.25) is 0 Å². The average molecular weight is 296 g/mol. The number of anilines is 1. The van der Waals surface area contributed by atoms with E-state index in [1.165, 1.54) is 11.3 Å². The predicted octanol–water partition coefficient (Wildman–Crippen LogP) is 3.21. The summed E-state index contributed by atoms with van der Waals surface area (Å²) in [5.41, 5.74) is 6.65. The number of thiazole rings is 1. The fraction of sp³-hybridized carbons (Fsp3) is 0.308. The van der Waals surface area contributed by atoms with Gasteiger partial charge in [0.25, 0.3) is 0 Å². The van der Waals surface area contributed by atoms with Crippen molar-refractivity contribution in [2.45, 2.75) is 11.1 Å². The molecule has 0 radical (unpaired) electrons. The first-order valence-corrected chi connectivity index (χ1v) is 7.62. The first kappa shape index (κ1) is 14.0. The SMILES string of the molecule is COc1ccccc1OCCSc1sc(N)nc1C. The summed E-state index contributed by atoms with van der Waals surface area (Å²) < 4.78 is 12.1. The van der Waals surface area contributed by atoms with Crippen molar-refractivity contribution in [3.63, 3.8) is 0 Å². The number of nitrogens with two attached hydrogens (primary N) is 1. The Balaban J connectivity index is 1.82. The van der Waals surface area contributed by atoms with Gasteiger partial charge in [-0.3, -0.25) is 0 Å². The normalized spacial score (nSPS) is 10.4. The van der Waals surface area contributed by atoms with Gasteiger partial charge in [0.1, 0.15) is 0 Å². The van der Waals surface area contributed by atoms with Crippen LogP contribution in [0.25, 0.3) is 0 Å². The minimum atomic E-state index is 0.613. The van der Waals surface area contributed by atoms with Crippen molar-refractivity contribution in [2.75, 3.05) is 25.2 Å². The number of methoxy groups -OCH3 is 1. The van der Waals surface area contributed by atoms with Crippen LogP contribution in [0.4, 0.5) is 5.13 Å². The van der Waals surface area contributed by atoms with Gasteiger partial charge in [-0.25, -0.2) is 4.98 Å². The van der Waals surface area contributed by atoms with Crippen LogP contribution >= 0.6 is 23.1 Å². The molecule has 0 saturated carbocycles. The van der Waals surface area contributed by atoms with E-state index in [0.29, 0.717) is 11.7 Å². The van der Waals surface area contributed by atoms with E-state index < -0.39 is 0 Å². The number of aryl methyl sites for hydroxylation is 1. The van der Waals surface area contributed by atoms with E-state index in [1.807, 2.05) is 31.2 Å². The molecule has 0 amide bonds. The van der Waals surface area contributed by atoms with Gasteiger partial charge in [0.05, 0.1) is 23.6 Å². The second-order valence-corrected chi connectivity index (χ2v) is 6.17. The number of thioether (sulfide) groups is 1. The van der Waals surface area contributed by atoms with Crippen LogP contribution in [-0.4, -0.2) is 24.5 Å². The quantitative estimate of drug-likeness (QED) is 0.655. The molecule has 2 N–H and O–H groups in total. The lowest BCUT2D eigenvalue weighted by atomic mass is 10.3. The molecular formula is C13H16N2O2S2. The molecule has 1 heterocycles. The van der Waals surface area contributed by atoms with Gasteiger partial charge in [-0.2, -0.15) is 0 Å². The zero-order valence-electron chi connectivity index (χ0n) is 10.9. The van der Waals surface area contributed by atoms with E-state index in [1.54, 1.807) is 18.9 Å². The van der Waals surface area contributed by atoms with E-state index in [9.17, 15) is 0 Å². The minimum Gasteiger partial charge on any atom is -0.493 e. The largest absolute Gasteiger partial charge is 0.493 e. The molecule has 0 atom stereocenters. The fourth-order valence-electron chi connectivity index (χ4n) is 1.56. The molecule has 19 heavy (non-hydrogen) atoms. The summed E-state index contributed by atoms with van der Waals surface area (Å²) in [6, 6.07) is 7.64. The molecule has 1 aromatic carbocycles. The van der Waals surface area contributed by atoms with Crippen molar-refractivity contribution in [1.29, 1.82) is 0 Å². The van der Waals surface area contributed by atoms with Crippen molar-refractivity contribution in [1.82, 2.24) is 4.98 Å². The summed E-state index contributed by atoms with van der Waals surface area (Å²) in [5, 5.41) is 0.616. The van der Waals surface area contributed by atoms with Crippen molar-refractivity contribution in [3.05, 3.63) is 30.0 Å². The van der Waals surface area contributed by atoms with Crippen molar-refractivity contribution in [3.8, 4) is 11.5 Å². The van der Waals surface area contributed by atoms with Gasteiger partial charge >= 0.3 is 0 Å². The molecule has 102 valence electrons. The first-order valence-electron chi connectivity index (χ1n) is 5.82. The van der Waals surface area contributed by atoms with Gasteiger partial charge in [0.15, 0.2) is 16.6 Å². The maximum Gasteiger partial charge on any atom is 0.181 e. The lowest BCUT2D eigenvalue weighted by molar-refractivity contribution is 0.313. The third-order valence-electron chi connectivity index (χ3n) is 2.41. The van der Waals surface area contributed by atoms with Crippen molar-refractivity contribution in [2.24, 2.45) is 0 Å². The highest BCUT2D eigenvalue weighted by Crippen LogP contribution is 2.31. The van der Waals surface area contributed by atoms with Crippen LogP contribution in [0.3, 0.4) is 0 Å². The van der Waals surface area contributed by atoms with Gasteiger partial charge in [-0.1, -0.05) is 23.5 Å². The molecule has 0 aliphatic heterocycles. The van der Waals surface area contributed by atoms with Crippen molar-refractivity contribution < 1.29 is 9.47 Å². The fourth-order valence-corrected chi connectivity index (χ4v) is 3.47. The Morgan fingerprint density at radius 2 is 2.05 bits per heavy atom. The average Bonchev–Trinajstić information content (AvgIpc) is 2.73. The van der Waals surface area contributed by atoms with Crippen LogP contribution in [0.15, 0.2) is 28.5 Å². The number of hydrogen-bond donors (Lipinski definition) is 1. The third kappa shape index (κ3) is 3.78. The van der Waals surface area contributed by atoms with Gasteiger partial charge in [-0.15, -0.1) is 11.8 Å². The molecule has 1 aromatic heterocycles. The van der Waals surface area contributed by atoms with E-state index in [2.05, 4.69) is 4.98 Å². The smallest absolute Gasteiger partial charge is 0.181 e. The molecule has 0 fully saturated rings. The summed E-state index contributed by atoms with van der Waals surface area (Å²) in [4.78, 5) is 4.19. The lowest BCUT2D eigenvalue weighted by Crippen LogP contribution is -2.01. The minimum absolute atomic E-state index is 0.613. The van der Waals surface area contributed by atoms with Crippen LogP contribution < -0.4 is 15.2 Å². The molecule has 0 unspecified atom stereocenters. The Morgan fingerprint density at radius 1 is 1.32 bits per heavy atom. The zero-order chi connectivity index (χ0) is 13.7. The number of benzene rings is 1. The number of nitrogen functional groups attached to an aromatic ring is 1. The molecule has 2 rings (SSSR count). The Kier molecular flexibility index (Phi) is 4.93. The van der Waals surface area contributed by atoms with E-state index in [-0.39, 0.29) is 0 Å². The third-order valence-corrected chi connectivity index (χ3v) is 4.73. The molecule has 0 aliphatic rings. The lowest BCUT2D eigenvalue weighted by Gasteiger charge is -2.09. The number of hydrogen-bond acceptors (Lipinski definition) is 6. The van der Waals surface area contributed by atoms with E-state index in [0.717, 1.165) is 27.2 Å². The Hall–Kier alpha value is -1.40. The summed E-state index contributed by atoms with van der Waals surface area (Å²) >= 11 is 3.23. The summed E-state index contributed by atoms with van der Waals surface area (Å²) in [7, 11) is 1.64. The van der Waals surface area contributed by atoms with Crippen LogP contribution in [0.2, 0.25) is 0 Å². The summed E-state index contributed by atoms with van der Waals surface area (Å²) in [6.07, 6.45) is 0. The van der Waals surface area contributed by atoms with Gasteiger partial charge in [0, 0.05) is 5.75 Å². The maximum atomic E-state index is 5.70. The van der Waals surface area contributed by atoms with E-state index in [4.69, 9.17) is 15.2 Å². The zero-order valence-corrected chi connectivity index (χ0v) is 12.5. The highest BCUT2D eigenvalue weighted by Gasteiger charge is 2.06. The molecular weight excluding hydrogens is 280 g/mol. The molecule has 0 saturated heterocycles. The monoisotopic (exact) mass is 296 g/mol. The summed E-state index contributed by atoms with van der Waals surface area (Å²) in [6.45, 7) is 2.58. The molecule has 0 aliphatic carbocycles. The van der Waals surface area contributed by atoms with Crippen LogP contribution in [0.1, 0.15) is 5.69 Å². The second kappa shape index (κ2) is 6.68. The standard InChI is InChI=1S/C13H16N2O2S2/c1-9-12(19-13(14)15-9)18-8-7-17-11-6-4-3-5-10(11)16-2/h3-6H,7-8H2,1-2H3,(H2,14,15). The number of rotatable bonds is 6. The Morgan fingerprint density at radius 3 is 2.68 bits per heavy atom. The number of ether oxygens (including phenoxy) is 2. The highest BCUT2D eigenvalue weighted by atomic mass is 32.2. The van der Waals surface area contributed by atoms with E-state index >= 15 is 0 Å². The van der Waals surface area contributed by atoms with Gasteiger partial charge in [-0.05, 0) is 19.1 Å². The van der Waals surface area contributed by atoms with Gasteiger partial charge < -0.3 is 15.2 Å². The number of nitrogens with zero attached hydrogens (tertiary/aromatic N) is 1. The topological polar surface area (TPSA) is 57.4 Å². The summed E-state index contributed by atoms with van der Waals surface area (Å²) in [5.74, 6) is 2.37. The first-order chi connectivity index (χ1) is 9.20. The second-order valence-electron chi connectivity index (χ2n) is 3.77. The molecule has 6 heteroatoms. The van der Waals surface area contributed by atoms with Crippen LogP contribution in [-0.2, 0) is 0 Å². The van der Waals surface area contributed by atoms with Crippen LogP contribution in [0, 0.1) is 6.92 Å². The number of para-hydroxylation sites is 2. The molecule has 0 bridgehead atoms. The highest BCUT2D eigenvalue weighted by molar-refractivity contribution is 8.01. The molecule has 4 nitrogen and oxygen atoms in total. The Labute approximate surface area is 120 Å². The maximum absolute atomic E-state index is 5.70. The van der Waals surface area contributed by atoms with Crippen molar-refractivity contribution >= 4 is 28.2 Å².